The zero-order chi connectivity index (χ0) is 22.0. The lowest BCUT2D eigenvalue weighted by Crippen LogP contribution is -2.34. The van der Waals surface area contributed by atoms with Crippen molar-refractivity contribution in [2.75, 3.05) is 39.3 Å². The Morgan fingerprint density at radius 3 is 2.45 bits per heavy atom. The number of methoxy groups -OCH3 is 3. The number of benzene rings is 2. The molecule has 0 bridgehead atoms. The first-order valence-corrected chi connectivity index (χ1v) is 9.59. The van der Waals surface area contributed by atoms with E-state index < -0.39 is 12.2 Å². The maximum absolute atomic E-state index is 12.4. The fraction of sp³-hybridized carbons (Fsp3) is 0.273. The molecule has 9 heteroatoms. The Kier molecular flexibility index (Phi) is 5.57. The zero-order valence-electron chi connectivity index (χ0n) is 17.3. The Balaban J connectivity index is 1.44. The summed E-state index contributed by atoms with van der Waals surface area (Å²) in [4.78, 5) is 26.3. The standard InChI is InChI=1S/C22H22N2O7/c1-27-17-9-14(10-18(28-2)20(17)29-3)24-12-15(30-22(24)26)11-23-21(25)19-8-13-6-4-5-7-16(13)31-19/h4-10,15H,11-12H2,1-3H3,(H,23,25)/t15-/m0/s1. The number of furan rings is 1. The Hall–Kier alpha value is -3.88. The number of hydrogen-bond acceptors (Lipinski definition) is 7. The molecule has 3 aromatic rings. The number of nitrogens with zero attached hydrogens (tertiary/aromatic N) is 1. The Morgan fingerprint density at radius 2 is 1.81 bits per heavy atom. The van der Waals surface area contributed by atoms with Crippen LogP contribution in [0.4, 0.5) is 10.5 Å². The summed E-state index contributed by atoms with van der Waals surface area (Å²) < 4.78 is 27.0. The molecule has 1 aliphatic rings. The molecular formula is C22H22N2O7. The molecule has 0 unspecified atom stereocenters. The molecule has 0 saturated carbocycles. The minimum Gasteiger partial charge on any atom is -0.493 e. The number of nitrogens with one attached hydrogen (secondary N) is 1. The van der Waals surface area contributed by atoms with Crippen LogP contribution in [0, 0.1) is 0 Å². The Bertz CT molecular complexity index is 1070. The van der Waals surface area contributed by atoms with Crippen molar-refractivity contribution in [3.8, 4) is 17.2 Å². The first kappa shape index (κ1) is 20.4. The highest BCUT2D eigenvalue weighted by Gasteiger charge is 2.34. The van der Waals surface area contributed by atoms with Crippen molar-refractivity contribution in [3.63, 3.8) is 0 Å². The number of ether oxygens (including phenoxy) is 4. The normalized spacial score (nSPS) is 15.6. The van der Waals surface area contributed by atoms with Crippen molar-refractivity contribution in [1.82, 2.24) is 5.32 Å². The van der Waals surface area contributed by atoms with E-state index in [1.54, 1.807) is 24.3 Å². The lowest BCUT2D eigenvalue weighted by atomic mass is 10.2. The predicted octanol–water partition coefficient (Wildman–Crippen LogP) is 3.21. The Morgan fingerprint density at radius 1 is 1.10 bits per heavy atom. The molecule has 2 amide bonds. The van der Waals surface area contributed by atoms with Gasteiger partial charge in [0.25, 0.3) is 5.91 Å². The van der Waals surface area contributed by atoms with E-state index in [0.717, 1.165) is 5.39 Å². The molecule has 9 nitrogen and oxygen atoms in total. The van der Waals surface area contributed by atoms with Gasteiger partial charge < -0.3 is 28.7 Å². The molecule has 4 rings (SSSR count). The summed E-state index contributed by atoms with van der Waals surface area (Å²) in [7, 11) is 4.50. The van der Waals surface area contributed by atoms with Crippen molar-refractivity contribution >= 4 is 28.7 Å². The van der Waals surface area contributed by atoms with E-state index in [1.807, 2.05) is 18.2 Å². The number of hydrogen-bond donors (Lipinski definition) is 1. The molecular weight excluding hydrogens is 404 g/mol. The number of para-hydroxylation sites is 1. The maximum Gasteiger partial charge on any atom is 0.414 e. The van der Waals surface area contributed by atoms with Gasteiger partial charge in [-0.15, -0.1) is 0 Å². The van der Waals surface area contributed by atoms with Gasteiger partial charge in [0.15, 0.2) is 17.3 Å². The van der Waals surface area contributed by atoms with Crippen LogP contribution in [0.1, 0.15) is 10.6 Å². The molecule has 31 heavy (non-hydrogen) atoms. The van der Waals surface area contributed by atoms with Gasteiger partial charge in [0.2, 0.25) is 5.75 Å². The fourth-order valence-corrected chi connectivity index (χ4v) is 3.45. The molecule has 1 saturated heterocycles. The number of amides is 2. The van der Waals surface area contributed by atoms with Crippen molar-refractivity contribution in [2.45, 2.75) is 6.10 Å². The Labute approximate surface area is 178 Å². The lowest BCUT2D eigenvalue weighted by molar-refractivity contribution is 0.0891. The van der Waals surface area contributed by atoms with Crippen LogP contribution in [0.15, 0.2) is 46.9 Å². The van der Waals surface area contributed by atoms with Gasteiger partial charge in [-0.1, -0.05) is 18.2 Å². The average molecular weight is 426 g/mol. The lowest BCUT2D eigenvalue weighted by Gasteiger charge is -2.18. The van der Waals surface area contributed by atoms with Crippen LogP contribution in [0.5, 0.6) is 17.2 Å². The summed E-state index contributed by atoms with van der Waals surface area (Å²) in [5.74, 6) is 1.10. The first-order chi connectivity index (χ1) is 15.0. The molecule has 0 spiro atoms. The summed E-state index contributed by atoms with van der Waals surface area (Å²) in [5.41, 5.74) is 1.17. The fourth-order valence-electron chi connectivity index (χ4n) is 3.45. The van der Waals surface area contributed by atoms with E-state index in [-0.39, 0.29) is 24.8 Å². The number of anilines is 1. The molecule has 2 aromatic carbocycles. The van der Waals surface area contributed by atoms with Gasteiger partial charge in [-0.05, 0) is 12.1 Å². The van der Waals surface area contributed by atoms with Crippen LogP contribution in [0.25, 0.3) is 11.0 Å². The van der Waals surface area contributed by atoms with Crippen LogP contribution in [0.2, 0.25) is 0 Å². The molecule has 1 atom stereocenters. The van der Waals surface area contributed by atoms with Crippen LogP contribution in [-0.4, -0.2) is 52.5 Å². The second-order valence-corrected chi connectivity index (χ2v) is 6.86. The highest BCUT2D eigenvalue weighted by atomic mass is 16.6. The van der Waals surface area contributed by atoms with Gasteiger partial charge in [0.1, 0.15) is 11.7 Å². The molecule has 1 N–H and O–H groups in total. The van der Waals surface area contributed by atoms with Gasteiger partial charge in [0.05, 0.1) is 40.1 Å². The van der Waals surface area contributed by atoms with Crippen LogP contribution < -0.4 is 24.4 Å². The molecule has 2 heterocycles. The summed E-state index contributed by atoms with van der Waals surface area (Å²) in [6.45, 7) is 0.389. The zero-order valence-corrected chi connectivity index (χ0v) is 17.3. The quantitative estimate of drug-likeness (QED) is 0.619. The first-order valence-electron chi connectivity index (χ1n) is 9.59. The van der Waals surface area contributed by atoms with Gasteiger partial charge in [-0.25, -0.2) is 4.79 Å². The summed E-state index contributed by atoms with van der Waals surface area (Å²) in [6, 6.07) is 12.4. The van der Waals surface area contributed by atoms with Gasteiger partial charge in [-0.2, -0.15) is 0 Å². The third kappa shape index (κ3) is 3.94. The second-order valence-electron chi connectivity index (χ2n) is 6.86. The third-order valence-electron chi connectivity index (χ3n) is 4.97. The maximum atomic E-state index is 12.4. The SMILES string of the molecule is COc1cc(N2C[C@H](CNC(=O)c3cc4ccccc4o3)OC2=O)cc(OC)c1OC. The van der Waals surface area contributed by atoms with E-state index >= 15 is 0 Å². The van der Waals surface area contributed by atoms with Crippen LogP contribution >= 0.6 is 0 Å². The minimum atomic E-state index is -0.530. The van der Waals surface area contributed by atoms with E-state index in [4.69, 9.17) is 23.4 Å². The second kappa shape index (κ2) is 8.47. The topological polar surface area (TPSA) is 99.5 Å². The number of rotatable bonds is 7. The van der Waals surface area contributed by atoms with Crippen molar-refractivity contribution < 1.29 is 33.0 Å². The van der Waals surface area contributed by atoms with E-state index in [9.17, 15) is 9.59 Å². The average Bonchev–Trinajstić information content (AvgIpc) is 3.39. The van der Waals surface area contributed by atoms with Crippen LogP contribution in [0.3, 0.4) is 0 Å². The third-order valence-corrected chi connectivity index (χ3v) is 4.97. The number of fused-ring (bicyclic) bond motifs is 1. The summed E-state index contributed by atoms with van der Waals surface area (Å²) in [6.07, 6.45) is -1.06. The van der Waals surface area contributed by atoms with Crippen molar-refractivity contribution in [1.29, 1.82) is 0 Å². The van der Waals surface area contributed by atoms with Gasteiger partial charge >= 0.3 is 6.09 Å². The smallest absolute Gasteiger partial charge is 0.414 e. The van der Waals surface area contributed by atoms with Gasteiger partial charge in [-0.3, -0.25) is 9.69 Å². The molecule has 1 aliphatic heterocycles. The number of carbonyl (C=O) groups is 2. The molecule has 162 valence electrons. The van der Waals surface area contributed by atoms with E-state index in [0.29, 0.717) is 28.5 Å². The van der Waals surface area contributed by atoms with E-state index in [2.05, 4.69) is 5.32 Å². The number of carbonyl (C=O) groups excluding carboxylic acids is 2. The number of cyclic esters (lactones) is 1. The predicted molar refractivity (Wildman–Crippen MR) is 112 cm³/mol. The van der Waals surface area contributed by atoms with E-state index in [1.165, 1.54) is 26.2 Å². The molecule has 1 fully saturated rings. The largest absolute Gasteiger partial charge is 0.493 e. The summed E-state index contributed by atoms with van der Waals surface area (Å²) >= 11 is 0. The van der Waals surface area contributed by atoms with Crippen LogP contribution in [-0.2, 0) is 4.74 Å². The highest BCUT2D eigenvalue weighted by molar-refractivity contribution is 5.96. The van der Waals surface area contributed by atoms with Gasteiger partial charge in [0, 0.05) is 17.5 Å². The molecule has 1 aromatic heterocycles. The highest BCUT2D eigenvalue weighted by Crippen LogP contribution is 2.41. The molecule has 0 radical (unpaired) electrons. The molecule has 0 aliphatic carbocycles. The monoisotopic (exact) mass is 426 g/mol. The van der Waals surface area contributed by atoms with Crippen molar-refractivity contribution in [2.24, 2.45) is 0 Å². The van der Waals surface area contributed by atoms with Crippen molar-refractivity contribution in [3.05, 3.63) is 48.2 Å². The summed E-state index contributed by atoms with van der Waals surface area (Å²) in [5, 5.41) is 3.59. The minimum absolute atomic E-state index is 0.141.